The van der Waals surface area contributed by atoms with Crippen LogP contribution in [0.5, 0.6) is 0 Å². The molecule has 0 radical (unpaired) electrons. The molecule has 4 nitrogen and oxygen atoms in total. The molecular formula is C45H28N4S. The van der Waals surface area contributed by atoms with Crippen molar-refractivity contribution < 1.29 is 6.85 Å². The molecule has 0 atom stereocenters. The fourth-order valence-electron chi connectivity index (χ4n) is 6.86. The fraction of sp³-hybridized carbons (Fsp3) is 0. The van der Waals surface area contributed by atoms with Crippen molar-refractivity contribution in [2.75, 3.05) is 0 Å². The van der Waals surface area contributed by atoms with Gasteiger partial charge in [-0.15, -0.1) is 11.3 Å². The number of nitrogens with zero attached hydrogens (tertiary/aromatic N) is 4. The van der Waals surface area contributed by atoms with Crippen LogP contribution in [0, 0.1) is 0 Å². The van der Waals surface area contributed by atoms with E-state index in [-0.39, 0.29) is 23.5 Å². The van der Waals surface area contributed by atoms with Gasteiger partial charge in [0.2, 0.25) is 0 Å². The van der Waals surface area contributed by atoms with Crippen molar-refractivity contribution in [3.05, 3.63) is 170 Å². The number of rotatable bonds is 5. The summed E-state index contributed by atoms with van der Waals surface area (Å²) in [6.45, 7) is 0. The normalized spacial score (nSPS) is 13.0. The van der Waals surface area contributed by atoms with E-state index < -0.39 is 18.1 Å². The summed E-state index contributed by atoms with van der Waals surface area (Å²) in [5.74, 6) is 0.664. The molecule has 3 heterocycles. The summed E-state index contributed by atoms with van der Waals surface area (Å²) in [5.41, 5.74) is 6.62. The van der Waals surface area contributed by atoms with Crippen molar-refractivity contribution in [1.29, 1.82) is 0 Å². The van der Waals surface area contributed by atoms with E-state index in [2.05, 4.69) is 83.4 Å². The van der Waals surface area contributed by atoms with Crippen molar-refractivity contribution in [2.24, 2.45) is 0 Å². The van der Waals surface area contributed by atoms with Crippen LogP contribution in [-0.4, -0.2) is 19.5 Å². The van der Waals surface area contributed by atoms with Crippen molar-refractivity contribution in [3.8, 4) is 51.0 Å². The van der Waals surface area contributed by atoms with Gasteiger partial charge in [0.15, 0.2) is 17.5 Å². The van der Waals surface area contributed by atoms with Crippen molar-refractivity contribution >= 4 is 53.3 Å². The predicted molar refractivity (Wildman–Crippen MR) is 209 cm³/mol. The van der Waals surface area contributed by atoms with E-state index in [1.165, 1.54) is 0 Å². The second kappa shape index (κ2) is 11.6. The van der Waals surface area contributed by atoms with Crippen LogP contribution in [0.4, 0.5) is 0 Å². The van der Waals surface area contributed by atoms with Crippen LogP contribution in [0.2, 0.25) is 0 Å². The third kappa shape index (κ3) is 4.71. The van der Waals surface area contributed by atoms with Gasteiger partial charge in [0.1, 0.15) is 0 Å². The first kappa shape index (κ1) is 23.8. The van der Waals surface area contributed by atoms with Gasteiger partial charge in [-0.25, -0.2) is 15.0 Å². The molecule has 0 saturated carbocycles. The molecule has 10 aromatic rings. The van der Waals surface area contributed by atoms with Gasteiger partial charge < -0.3 is 4.57 Å². The number of thiophene rings is 1. The minimum atomic E-state index is -0.475. The van der Waals surface area contributed by atoms with E-state index in [9.17, 15) is 0 Å². The summed E-state index contributed by atoms with van der Waals surface area (Å²) >= 11 is 1.65. The first-order valence-electron chi connectivity index (χ1n) is 18.8. The third-order valence-corrected chi connectivity index (χ3v) is 10.4. The third-order valence-electron chi connectivity index (χ3n) is 9.13. The lowest BCUT2D eigenvalue weighted by Gasteiger charge is -2.13. The largest absolute Gasteiger partial charge is 0.309 e. The highest BCUT2D eigenvalue weighted by molar-refractivity contribution is 7.26. The SMILES string of the molecule is [2H]c1c([2H])c([2H])c(-c2nc(-c3ccccc3)nc(-c3cc(-n4c5ccccc5c5ccccc54)cc4c3sc3ccc(-c5ccccc5)cc34)n2)c([2H])c1[2H]. The molecule has 7 aromatic carbocycles. The van der Waals surface area contributed by atoms with E-state index in [0.717, 1.165) is 64.4 Å². The lowest BCUT2D eigenvalue weighted by Crippen LogP contribution is -2.01. The van der Waals surface area contributed by atoms with Crippen molar-refractivity contribution in [2.45, 2.75) is 0 Å². The number of para-hydroxylation sites is 2. The maximum Gasteiger partial charge on any atom is 0.165 e. The zero-order chi connectivity index (χ0) is 37.4. The molecular weight excluding hydrogens is 629 g/mol. The molecule has 0 aliphatic carbocycles. The zero-order valence-electron chi connectivity index (χ0n) is 31.5. The Morgan fingerprint density at radius 2 is 1.06 bits per heavy atom. The number of aromatic nitrogens is 4. The molecule has 50 heavy (non-hydrogen) atoms. The topological polar surface area (TPSA) is 43.6 Å². The second-order valence-corrected chi connectivity index (χ2v) is 13.1. The summed E-state index contributed by atoms with van der Waals surface area (Å²) in [7, 11) is 0. The molecule has 234 valence electrons. The van der Waals surface area contributed by atoms with Crippen LogP contribution in [0.25, 0.3) is 93.0 Å². The summed E-state index contributed by atoms with van der Waals surface area (Å²) < 4.78 is 47.1. The first-order chi connectivity index (χ1) is 26.9. The van der Waals surface area contributed by atoms with Gasteiger partial charge in [-0.05, 0) is 47.5 Å². The van der Waals surface area contributed by atoms with Gasteiger partial charge in [0.05, 0.1) is 17.9 Å². The van der Waals surface area contributed by atoms with E-state index in [0.29, 0.717) is 17.2 Å². The number of hydrogen-bond acceptors (Lipinski definition) is 4. The number of benzene rings is 7. The molecule has 0 amide bonds. The Morgan fingerprint density at radius 3 is 1.76 bits per heavy atom. The van der Waals surface area contributed by atoms with Crippen LogP contribution in [0.3, 0.4) is 0 Å². The first-order valence-corrected chi connectivity index (χ1v) is 17.1. The summed E-state index contributed by atoms with van der Waals surface area (Å²) in [6.07, 6.45) is 0. The Bertz CT molecular complexity index is 3080. The highest BCUT2D eigenvalue weighted by Gasteiger charge is 2.20. The average Bonchev–Trinajstić information content (AvgIpc) is 3.78. The maximum atomic E-state index is 8.83. The minimum Gasteiger partial charge on any atom is -0.309 e. The van der Waals surface area contributed by atoms with E-state index in [1.54, 1.807) is 11.3 Å². The smallest absolute Gasteiger partial charge is 0.165 e. The summed E-state index contributed by atoms with van der Waals surface area (Å²) in [6, 6.07) is 45.3. The Kier molecular flexibility index (Phi) is 5.54. The molecule has 3 aromatic heterocycles. The molecule has 0 bridgehead atoms. The molecule has 5 heteroatoms. The van der Waals surface area contributed by atoms with Gasteiger partial charge in [-0.1, -0.05) is 133 Å². The monoisotopic (exact) mass is 661 g/mol. The van der Waals surface area contributed by atoms with Crippen LogP contribution in [-0.2, 0) is 0 Å². The lowest BCUT2D eigenvalue weighted by atomic mass is 10.0. The van der Waals surface area contributed by atoms with Gasteiger partial charge in [0.25, 0.3) is 0 Å². The Hall–Kier alpha value is -6.43. The molecule has 0 spiro atoms. The quantitative estimate of drug-likeness (QED) is 0.184. The average molecular weight is 662 g/mol. The van der Waals surface area contributed by atoms with Crippen LogP contribution >= 0.6 is 11.3 Å². The van der Waals surface area contributed by atoms with Crippen LogP contribution in [0.15, 0.2) is 170 Å². The minimum absolute atomic E-state index is 0.00347. The predicted octanol–water partition coefficient (Wildman–Crippen LogP) is 12.0. The van der Waals surface area contributed by atoms with Crippen LogP contribution in [0.1, 0.15) is 6.85 Å². The Morgan fingerprint density at radius 1 is 0.460 bits per heavy atom. The highest BCUT2D eigenvalue weighted by Crippen LogP contribution is 2.44. The molecule has 0 fully saturated rings. The van der Waals surface area contributed by atoms with Gasteiger partial charge in [-0.3, -0.25) is 0 Å². The van der Waals surface area contributed by atoms with E-state index in [1.807, 2.05) is 60.7 Å². The van der Waals surface area contributed by atoms with Gasteiger partial charge in [0, 0.05) is 53.3 Å². The van der Waals surface area contributed by atoms with Crippen LogP contribution < -0.4 is 0 Å². The Labute approximate surface area is 299 Å². The number of fused-ring (bicyclic) bond motifs is 6. The van der Waals surface area contributed by atoms with Crippen molar-refractivity contribution in [1.82, 2.24) is 19.5 Å². The Balaban J connectivity index is 1.33. The molecule has 0 aliphatic rings. The zero-order valence-corrected chi connectivity index (χ0v) is 27.3. The molecule has 0 saturated heterocycles. The molecule has 0 aliphatic heterocycles. The van der Waals surface area contributed by atoms with E-state index >= 15 is 0 Å². The summed E-state index contributed by atoms with van der Waals surface area (Å²) in [4.78, 5) is 14.8. The lowest BCUT2D eigenvalue weighted by molar-refractivity contribution is 1.07. The standard InChI is InChI=1S/C45H28N4S/c1-4-14-29(15-5-1)32-24-25-41-36(26-32)37-27-33(49-39-22-12-10-20-34(39)35-21-11-13-23-40(35)49)28-38(42(37)50-41)45-47-43(30-16-6-2-7-17-30)46-44(48-45)31-18-8-3-9-19-31/h1-28H/i2D,6D,7D,16D,17D. The molecule has 0 N–H and O–H groups in total. The molecule has 0 unspecified atom stereocenters. The van der Waals surface area contributed by atoms with Gasteiger partial charge in [-0.2, -0.15) is 0 Å². The summed E-state index contributed by atoms with van der Waals surface area (Å²) in [5, 5.41) is 4.39. The number of hydrogen-bond donors (Lipinski definition) is 0. The van der Waals surface area contributed by atoms with Gasteiger partial charge >= 0.3 is 0 Å². The maximum absolute atomic E-state index is 8.83. The van der Waals surface area contributed by atoms with Crippen molar-refractivity contribution in [3.63, 3.8) is 0 Å². The fourth-order valence-corrected chi connectivity index (χ4v) is 8.03. The molecule has 10 rings (SSSR count). The second-order valence-electron chi connectivity index (χ2n) is 12.1. The highest BCUT2D eigenvalue weighted by atomic mass is 32.1. The van der Waals surface area contributed by atoms with E-state index in [4.69, 9.17) is 21.8 Å².